The number of hydrogen-bond donors (Lipinski definition) is 3. The summed E-state index contributed by atoms with van der Waals surface area (Å²) in [7, 11) is -3.74. The monoisotopic (exact) mass is 478 g/mol. The van der Waals surface area contributed by atoms with Gasteiger partial charge in [-0.1, -0.05) is 0 Å². The highest BCUT2D eigenvalue weighted by molar-refractivity contribution is 7.89. The summed E-state index contributed by atoms with van der Waals surface area (Å²) in [5.74, 6) is -0.414. The molecule has 0 unspecified atom stereocenters. The molecule has 0 saturated carbocycles. The van der Waals surface area contributed by atoms with E-state index in [9.17, 15) is 17.6 Å². The van der Waals surface area contributed by atoms with Gasteiger partial charge in [0.25, 0.3) is 0 Å². The zero-order valence-corrected chi connectivity index (χ0v) is 18.9. The van der Waals surface area contributed by atoms with E-state index in [2.05, 4.69) is 16.0 Å². The van der Waals surface area contributed by atoms with Crippen LogP contribution < -0.4 is 16.0 Å². The van der Waals surface area contributed by atoms with E-state index < -0.39 is 21.9 Å². The number of sulfonamides is 1. The first-order valence-electron chi connectivity index (χ1n) is 10.8. The smallest absolute Gasteiger partial charge is 0.323 e. The maximum atomic E-state index is 13.1. The van der Waals surface area contributed by atoms with Gasteiger partial charge in [0, 0.05) is 31.9 Å². The molecule has 2 aliphatic rings. The number of anilines is 3. The van der Waals surface area contributed by atoms with Gasteiger partial charge in [-0.05, 0) is 55.3 Å². The van der Waals surface area contributed by atoms with Crippen molar-refractivity contribution in [3.05, 3.63) is 48.3 Å². The summed E-state index contributed by atoms with van der Waals surface area (Å²) >= 11 is 0. The molecule has 1 atom stereocenters. The Labute approximate surface area is 192 Å². The van der Waals surface area contributed by atoms with Crippen LogP contribution in [0.15, 0.2) is 47.4 Å². The van der Waals surface area contributed by atoms with Crippen molar-refractivity contribution < 1.29 is 27.1 Å². The highest BCUT2D eigenvalue weighted by Gasteiger charge is 2.27. The average Bonchev–Trinajstić information content (AvgIpc) is 3.34. The van der Waals surface area contributed by atoms with Crippen LogP contribution in [0.4, 0.5) is 26.2 Å². The standard InChI is InChI=1S/C22H27FN4O5S/c23-16-3-5-17(6-4-16)25-22(28)26-21-14-19(33(29,30)27-9-12-31-13-10-27)7-8-20(21)24-15-18-2-1-11-32-18/h3-8,14,18,24H,1-2,9-13,15H2,(H2,25,26,28)/t18-/m0/s1. The lowest BCUT2D eigenvalue weighted by Gasteiger charge is -2.26. The number of carbonyl (C=O) groups excluding carboxylic acids is 1. The molecule has 9 nitrogen and oxygen atoms in total. The lowest BCUT2D eigenvalue weighted by molar-refractivity contribution is 0.0730. The Balaban J connectivity index is 1.55. The molecule has 2 heterocycles. The molecule has 0 bridgehead atoms. The Morgan fingerprint density at radius 3 is 2.48 bits per heavy atom. The van der Waals surface area contributed by atoms with E-state index in [-0.39, 0.29) is 24.1 Å². The molecule has 2 aromatic rings. The molecule has 0 radical (unpaired) electrons. The fourth-order valence-corrected chi connectivity index (χ4v) is 5.16. The molecule has 4 rings (SSSR count). The Morgan fingerprint density at radius 2 is 1.79 bits per heavy atom. The van der Waals surface area contributed by atoms with Gasteiger partial charge in [-0.15, -0.1) is 0 Å². The van der Waals surface area contributed by atoms with Crippen LogP contribution in [-0.4, -0.2) is 64.3 Å². The third-order valence-corrected chi connectivity index (χ3v) is 7.39. The minimum absolute atomic E-state index is 0.0580. The van der Waals surface area contributed by atoms with E-state index in [1.54, 1.807) is 6.07 Å². The van der Waals surface area contributed by atoms with E-state index in [1.165, 1.54) is 40.7 Å². The first-order valence-corrected chi connectivity index (χ1v) is 12.3. The van der Waals surface area contributed by atoms with E-state index in [4.69, 9.17) is 9.47 Å². The number of ether oxygens (including phenoxy) is 2. The minimum atomic E-state index is -3.74. The van der Waals surface area contributed by atoms with Crippen LogP contribution in [0, 0.1) is 5.82 Å². The third kappa shape index (κ3) is 5.99. The number of urea groups is 1. The van der Waals surface area contributed by atoms with Crippen LogP contribution in [0.5, 0.6) is 0 Å². The molecule has 2 fully saturated rings. The van der Waals surface area contributed by atoms with Gasteiger partial charge in [-0.3, -0.25) is 0 Å². The fourth-order valence-electron chi connectivity index (χ4n) is 3.72. The summed E-state index contributed by atoms with van der Waals surface area (Å²) in [4.78, 5) is 12.7. The van der Waals surface area contributed by atoms with E-state index in [0.717, 1.165) is 12.8 Å². The van der Waals surface area contributed by atoms with Crippen LogP contribution >= 0.6 is 0 Å². The molecule has 3 N–H and O–H groups in total. The van der Waals surface area contributed by atoms with Gasteiger partial charge < -0.3 is 25.4 Å². The second kappa shape index (κ2) is 10.5. The normalized spacial score (nSPS) is 19.2. The Kier molecular flexibility index (Phi) is 7.43. The Morgan fingerprint density at radius 1 is 1.03 bits per heavy atom. The highest BCUT2D eigenvalue weighted by atomic mass is 32.2. The molecule has 2 aromatic carbocycles. The van der Waals surface area contributed by atoms with Gasteiger partial charge in [-0.2, -0.15) is 4.31 Å². The molecule has 0 aromatic heterocycles. The van der Waals surface area contributed by atoms with Crippen LogP contribution in [-0.2, 0) is 19.5 Å². The summed E-state index contributed by atoms with van der Waals surface area (Å²) < 4.78 is 51.6. The molecule has 178 valence electrons. The summed E-state index contributed by atoms with van der Waals surface area (Å²) in [6.45, 7) is 2.47. The summed E-state index contributed by atoms with van der Waals surface area (Å²) in [5.41, 5.74) is 1.28. The second-order valence-corrected chi connectivity index (χ2v) is 9.76. The van der Waals surface area contributed by atoms with Crippen molar-refractivity contribution >= 4 is 33.1 Å². The maximum absolute atomic E-state index is 13.1. The molecular formula is C22H27FN4O5S. The van der Waals surface area contributed by atoms with Gasteiger partial charge >= 0.3 is 6.03 Å². The second-order valence-electron chi connectivity index (χ2n) is 7.83. The van der Waals surface area contributed by atoms with Gasteiger partial charge in [0.1, 0.15) is 5.82 Å². The molecule has 2 amide bonds. The number of benzene rings is 2. The number of halogens is 1. The third-order valence-electron chi connectivity index (χ3n) is 5.49. The fraction of sp³-hybridized carbons (Fsp3) is 0.409. The first-order chi connectivity index (χ1) is 15.9. The highest BCUT2D eigenvalue weighted by Crippen LogP contribution is 2.28. The zero-order chi connectivity index (χ0) is 23.3. The summed E-state index contributed by atoms with van der Waals surface area (Å²) in [6, 6.07) is 9.35. The van der Waals surface area contributed by atoms with Crippen LogP contribution in [0.25, 0.3) is 0 Å². The topological polar surface area (TPSA) is 109 Å². The largest absolute Gasteiger partial charge is 0.381 e. The van der Waals surface area contributed by atoms with Crippen molar-refractivity contribution in [2.75, 3.05) is 55.4 Å². The van der Waals surface area contributed by atoms with Crippen molar-refractivity contribution in [1.29, 1.82) is 0 Å². The van der Waals surface area contributed by atoms with Gasteiger partial charge in [-0.25, -0.2) is 17.6 Å². The maximum Gasteiger partial charge on any atom is 0.323 e. The van der Waals surface area contributed by atoms with E-state index in [0.29, 0.717) is 43.4 Å². The van der Waals surface area contributed by atoms with Crippen molar-refractivity contribution in [2.24, 2.45) is 0 Å². The molecular weight excluding hydrogens is 451 g/mol. The number of hydrogen-bond acceptors (Lipinski definition) is 6. The SMILES string of the molecule is O=C(Nc1ccc(F)cc1)Nc1cc(S(=O)(=O)N2CCOCC2)ccc1NC[C@@H]1CCCO1. The van der Waals surface area contributed by atoms with Gasteiger partial charge in [0.15, 0.2) is 0 Å². The lowest BCUT2D eigenvalue weighted by Crippen LogP contribution is -2.40. The number of carbonyl (C=O) groups is 1. The van der Waals surface area contributed by atoms with E-state index >= 15 is 0 Å². The molecule has 33 heavy (non-hydrogen) atoms. The van der Waals surface area contributed by atoms with Crippen LogP contribution in [0.1, 0.15) is 12.8 Å². The minimum Gasteiger partial charge on any atom is -0.381 e. The number of nitrogens with zero attached hydrogens (tertiary/aromatic N) is 1. The molecule has 0 spiro atoms. The summed E-state index contributed by atoms with van der Waals surface area (Å²) in [5, 5.41) is 8.57. The first kappa shape index (κ1) is 23.4. The predicted octanol–water partition coefficient (Wildman–Crippen LogP) is 3.08. The number of rotatable bonds is 7. The van der Waals surface area contributed by atoms with Gasteiger partial charge in [0.05, 0.1) is 35.6 Å². The predicted molar refractivity (Wildman–Crippen MR) is 123 cm³/mol. The summed E-state index contributed by atoms with van der Waals surface area (Å²) in [6.07, 6.45) is 1.99. The lowest BCUT2D eigenvalue weighted by atomic mass is 10.2. The van der Waals surface area contributed by atoms with Crippen molar-refractivity contribution in [2.45, 2.75) is 23.8 Å². The number of nitrogens with one attached hydrogen (secondary N) is 3. The zero-order valence-electron chi connectivity index (χ0n) is 18.1. The number of amides is 2. The molecule has 2 aliphatic heterocycles. The Bertz CT molecular complexity index is 1070. The van der Waals surface area contributed by atoms with Crippen LogP contribution in [0.2, 0.25) is 0 Å². The van der Waals surface area contributed by atoms with Crippen LogP contribution in [0.3, 0.4) is 0 Å². The number of morpholine rings is 1. The van der Waals surface area contributed by atoms with Crippen molar-refractivity contribution in [3.63, 3.8) is 0 Å². The molecule has 11 heteroatoms. The molecule has 2 saturated heterocycles. The van der Waals surface area contributed by atoms with E-state index in [1.807, 2.05) is 0 Å². The van der Waals surface area contributed by atoms with Crippen molar-refractivity contribution in [3.8, 4) is 0 Å². The quantitative estimate of drug-likeness (QED) is 0.564. The Hall–Kier alpha value is -2.73. The molecule has 0 aliphatic carbocycles. The average molecular weight is 479 g/mol. The van der Waals surface area contributed by atoms with Gasteiger partial charge in [0.2, 0.25) is 10.0 Å². The van der Waals surface area contributed by atoms with Crippen molar-refractivity contribution in [1.82, 2.24) is 4.31 Å².